The van der Waals surface area contributed by atoms with Crippen LogP contribution in [0.25, 0.3) is 0 Å². The molecule has 0 aromatic heterocycles. The van der Waals surface area contributed by atoms with E-state index in [-0.39, 0.29) is 5.75 Å². The van der Waals surface area contributed by atoms with Crippen LogP contribution in [0.5, 0.6) is 11.5 Å². The van der Waals surface area contributed by atoms with Gasteiger partial charge in [0.15, 0.2) is 0 Å². The summed E-state index contributed by atoms with van der Waals surface area (Å²) in [7, 11) is -0.430. The van der Waals surface area contributed by atoms with Crippen LogP contribution in [0, 0.1) is 0 Å². The lowest BCUT2D eigenvalue weighted by molar-refractivity contribution is 0.395. The van der Waals surface area contributed by atoms with E-state index in [1.54, 1.807) is 63.6 Å². The molecule has 5 nitrogen and oxygen atoms in total. The summed E-state index contributed by atoms with van der Waals surface area (Å²) in [4.78, 5) is 0. The largest absolute Gasteiger partial charge is 0.497 e. The van der Waals surface area contributed by atoms with Gasteiger partial charge in [0, 0.05) is 16.6 Å². The van der Waals surface area contributed by atoms with Crippen molar-refractivity contribution >= 4 is 21.6 Å². The molecular weight excluding hydrogens is 350 g/mol. The smallest absolute Gasteiger partial charge is 0.216 e. The van der Waals surface area contributed by atoms with Crippen LogP contribution in [-0.2, 0) is 15.8 Å². The third-order valence-corrected chi connectivity index (χ3v) is 5.21. The van der Waals surface area contributed by atoms with Gasteiger partial charge in [-0.05, 0) is 42.8 Å². The quantitative estimate of drug-likeness (QED) is 0.810. The monoisotopic (exact) mass is 369 g/mol. The van der Waals surface area contributed by atoms with Gasteiger partial charge in [-0.2, -0.15) is 0 Å². The molecule has 0 unspecified atom stereocenters. The Morgan fingerprint density at radius 1 is 1.08 bits per heavy atom. The first-order valence-electron chi connectivity index (χ1n) is 7.31. The third-order valence-electron chi connectivity index (χ3n) is 3.53. The molecule has 0 bridgehead atoms. The van der Waals surface area contributed by atoms with Gasteiger partial charge in [0.05, 0.1) is 20.0 Å². The molecule has 2 aromatic rings. The van der Waals surface area contributed by atoms with Gasteiger partial charge < -0.3 is 9.47 Å². The van der Waals surface area contributed by atoms with Gasteiger partial charge in [-0.25, -0.2) is 13.1 Å². The maximum absolute atomic E-state index is 12.4. The molecule has 0 aliphatic carbocycles. The van der Waals surface area contributed by atoms with E-state index in [0.717, 1.165) is 0 Å². The summed E-state index contributed by atoms with van der Waals surface area (Å²) in [5.74, 6) is 1.10. The van der Waals surface area contributed by atoms with Crippen molar-refractivity contribution in [2.24, 2.45) is 0 Å². The minimum absolute atomic E-state index is 0.124. The SMILES string of the molecule is COc1ccc(OC)c([C@@H](C)NS(=O)(=O)Cc2ccc(Cl)cc2)c1. The van der Waals surface area contributed by atoms with Crippen LogP contribution >= 0.6 is 11.6 Å². The molecular formula is C17H20ClNO4S. The Hall–Kier alpha value is -1.76. The van der Waals surface area contributed by atoms with Gasteiger partial charge in [-0.15, -0.1) is 0 Å². The van der Waals surface area contributed by atoms with Crippen LogP contribution in [0.4, 0.5) is 0 Å². The van der Waals surface area contributed by atoms with Crippen molar-refractivity contribution < 1.29 is 17.9 Å². The van der Waals surface area contributed by atoms with E-state index < -0.39 is 16.1 Å². The first-order chi connectivity index (χ1) is 11.3. The van der Waals surface area contributed by atoms with Crippen molar-refractivity contribution in [3.8, 4) is 11.5 Å². The van der Waals surface area contributed by atoms with Gasteiger partial charge in [0.2, 0.25) is 10.0 Å². The number of sulfonamides is 1. The van der Waals surface area contributed by atoms with E-state index in [4.69, 9.17) is 21.1 Å². The van der Waals surface area contributed by atoms with Crippen LogP contribution in [-0.4, -0.2) is 22.6 Å². The second-order valence-corrected chi connectivity index (χ2v) is 7.52. The van der Waals surface area contributed by atoms with Crippen molar-refractivity contribution in [2.45, 2.75) is 18.7 Å². The lowest BCUT2D eigenvalue weighted by atomic mass is 10.1. The molecule has 2 rings (SSSR count). The fraction of sp³-hybridized carbons (Fsp3) is 0.294. The number of methoxy groups -OCH3 is 2. The highest BCUT2D eigenvalue weighted by Gasteiger charge is 2.20. The van der Waals surface area contributed by atoms with Gasteiger partial charge in [-0.3, -0.25) is 0 Å². The van der Waals surface area contributed by atoms with Crippen LogP contribution in [0.15, 0.2) is 42.5 Å². The Kier molecular flexibility index (Phi) is 6.10. The van der Waals surface area contributed by atoms with E-state index in [1.165, 1.54) is 0 Å². The zero-order valence-electron chi connectivity index (χ0n) is 13.7. The summed E-state index contributed by atoms with van der Waals surface area (Å²) in [6, 6.07) is 11.5. The van der Waals surface area contributed by atoms with Gasteiger partial charge in [0.25, 0.3) is 0 Å². The van der Waals surface area contributed by atoms with Crippen LogP contribution in [0.1, 0.15) is 24.1 Å². The molecule has 24 heavy (non-hydrogen) atoms. The van der Waals surface area contributed by atoms with E-state index in [9.17, 15) is 8.42 Å². The normalized spacial score (nSPS) is 12.7. The Morgan fingerprint density at radius 2 is 1.75 bits per heavy atom. The van der Waals surface area contributed by atoms with Crippen molar-refractivity contribution in [1.29, 1.82) is 0 Å². The van der Waals surface area contributed by atoms with Gasteiger partial charge >= 0.3 is 0 Å². The molecule has 0 spiro atoms. The minimum Gasteiger partial charge on any atom is -0.497 e. The highest BCUT2D eigenvalue weighted by Crippen LogP contribution is 2.29. The van der Waals surface area contributed by atoms with E-state index >= 15 is 0 Å². The summed E-state index contributed by atoms with van der Waals surface area (Å²) in [6.45, 7) is 1.76. The molecule has 0 fully saturated rings. The molecule has 1 N–H and O–H groups in total. The first kappa shape index (κ1) is 18.6. The van der Waals surface area contributed by atoms with Gasteiger partial charge in [-0.1, -0.05) is 23.7 Å². The third kappa shape index (κ3) is 4.87. The molecule has 0 saturated heterocycles. The number of halogens is 1. The Labute approximate surface area is 147 Å². The Bertz CT molecular complexity index is 791. The molecule has 0 amide bonds. The second kappa shape index (κ2) is 7.88. The number of ether oxygens (including phenoxy) is 2. The van der Waals surface area contributed by atoms with E-state index in [0.29, 0.717) is 27.6 Å². The average Bonchev–Trinajstić information content (AvgIpc) is 2.55. The molecule has 7 heteroatoms. The molecule has 0 aliphatic heterocycles. The van der Waals surface area contributed by atoms with Crippen LogP contribution in [0.3, 0.4) is 0 Å². The number of nitrogens with one attached hydrogen (secondary N) is 1. The number of hydrogen-bond acceptors (Lipinski definition) is 4. The molecule has 2 aromatic carbocycles. The molecule has 0 radical (unpaired) electrons. The molecule has 0 aliphatic rings. The fourth-order valence-corrected chi connectivity index (χ4v) is 3.86. The fourth-order valence-electron chi connectivity index (χ4n) is 2.35. The number of rotatable bonds is 7. The summed E-state index contributed by atoms with van der Waals surface area (Å²) in [5.41, 5.74) is 1.37. The number of benzene rings is 2. The molecule has 0 heterocycles. The summed E-state index contributed by atoms with van der Waals surface area (Å²) in [5, 5.41) is 0.568. The highest BCUT2D eigenvalue weighted by atomic mass is 35.5. The predicted molar refractivity (Wildman–Crippen MR) is 95.2 cm³/mol. The lowest BCUT2D eigenvalue weighted by Gasteiger charge is -2.18. The van der Waals surface area contributed by atoms with Crippen LogP contribution < -0.4 is 14.2 Å². The van der Waals surface area contributed by atoms with Gasteiger partial charge in [0.1, 0.15) is 11.5 Å². The topological polar surface area (TPSA) is 64.6 Å². The average molecular weight is 370 g/mol. The maximum atomic E-state index is 12.4. The van der Waals surface area contributed by atoms with E-state index in [2.05, 4.69) is 4.72 Å². The highest BCUT2D eigenvalue weighted by molar-refractivity contribution is 7.88. The lowest BCUT2D eigenvalue weighted by Crippen LogP contribution is -2.28. The Balaban J connectivity index is 2.18. The summed E-state index contributed by atoms with van der Waals surface area (Å²) in [6.07, 6.45) is 0. The zero-order chi connectivity index (χ0) is 17.7. The number of hydrogen-bond donors (Lipinski definition) is 1. The molecule has 130 valence electrons. The van der Waals surface area contributed by atoms with E-state index in [1.807, 2.05) is 0 Å². The molecule has 1 atom stereocenters. The summed E-state index contributed by atoms with van der Waals surface area (Å²) < 4.78 is 38.0. The second-order valence-electron chi connectivity index (χ2n) is 5.33. The maximum Gasteiger partial charge on any atom is 0.216 e. The van der Waals surface area contributed by atoms with Crippen LogP contribution in [0.2, 0.25) is 5.02 Å². The minimum atomic E-state index is -3.53. The standard InChI is InChI=1S/C17H20ClNO4S/c1-12(16-10-15(22-2)8-9-17(16)23-3)19-24(20,21)11-13-4-6-14(18)7-5-13/h4-10,12,19H,11H2,1-3H3/t12-/m1/s1. The molecule has 0 saturated carbocycles. The Morgan fingerprint density at radius 3 is 2.33 bits per heavy atom. The van der Waals surface area contributed by atoms with Crippen molar-refractivity contribution in [1.82, 2.24) is 4.72 Å². The zero-order valence-corrected chi connectivity index (χ0v) is 15.3. The predicted octanol–water partition coefficient (Wildman–Crippen LogP) is 3.54. The first-order valence-corrected chi connectivity index (χ1v) is 9.34. The van der Waals surface area contributed by atoms with Crippen molar-refractivity contribution in [3.63, 3.8) is 0 Å². The summed E-state index contributed by atoms with van der Waals surface area (Å²) >= 11 is 5.82. The van der Waals surface area contributed by atoms with Crippen molar-refractivity contribution in [2.75, 3.05) is 14.2 Å². The van der Waals surface area contributed by atoms with Crippen molar-refractivity contribution in [3.05, 3.63) is 58.6 Å².